The van der Waals surface area contributed by atoms with E-state index in [1.165, 1.54) is 65.0 Å². The van der Waals surface area contributed by atoms with Crippen LogP contribution < -0.4 is 10.6 Å². The lowest BCUT2D eigenvalue weighted by atomic mass is 9.86. The first-order valence-corrected chi connectivity index (χ1v) is 18.9. The van der Waals surface area contributed by atoms with Crippen LogP contribution in [0.3, 0.4) is 0 Å². The molecule has 2 atom stereocenters. The largest absolute Gasteiger partial charge is 0.460 e. The van der Waals surface area contributed by atoms with E-state index in [9.17, 15) is 23.7 Å². The number of alkyl halides is 2. The quantitative estimate of drug-likeness (QED) is 0.123. The summed E-state index contributed by atoms with van der Waals surface area (Å²) in [6.45, 7) is 9.31. The number of hydrogen-bond donors (Lipinski definition) is 2. The third-order valence-electron chi connectivity index (χ3n) is 8.26. The molecular formula is C35H56F2N3O8P. The predicted molar refractivity (Wildman–Crippen MR) is 183 cm³/mol. The van der Waals surface area contributed by atoms with E-state index in [0.717, 1.165) is 25.0 Å². The van der Waals surface area contributed by atoms with Crippen molar-refractivity contribution in [2.45, 2.75) is 129 Å². The minimum atomic E-state index is -4.82. The van der Waals surface area contributed by atoms with Crippen molar-refractivity contribution in [1.29, 1.82) is 0 Å². The molecule has 2 N–H and O–H groups in total. The first-order chi connectivity index (χ1) is 22.9. The highest BCUT2D eigenvalue weighted by Gasteiger charge is 2.54. The maximum absolute atomic E-state index is 15.2. The molecule has 2 rings (SSSR count). The van der Waals surface area contributed by atoms with Crippen LogP contribution in [-0.2, 0) is 49.6 Å². The lowest BCUT2D eigenvalue weighted by Gasteiger charge is -2.28. The number of rotatable bonds is 19. The zero-order valence-electron chi connectivity index (χ0n) is 30.2. The Labute approximate surface area is 290 Å². The molecule has 0 saturated heterocycles. The molecule has 0 aromatic heterocycles. The predicted octanol–water partition coefficient (Wildman–Crippen LogP) is 6.47. The van der Waals surface area contributed by atoms with Gasteiger partial charge in [0.15, 0.2) is 0 Å². The number of halogens is 2. The summed E-state index contributed by atoms with van der Waals surface area (Å²) in [4.78, 5) is 53.4. The molecule has 14 heteroatoms. The Morgan fingerprint density at radius 1 is 0.959 bits per heavy atom. The van der Waals surface area contributed by atoms with Crippen LogP contribution in [0, 0.1) is 5.92 Å². The number of benzene rings is 1. The van der Waals surface area contributed by atoms with Crippen molar-refractivity contribution in [1.82, 2.24) is 15.5 Å². The second-order valence-corrected chi connectivity index (χ2v) is 15.7. The van der Waals surface area contributed by atoms with Gasteiger partial charge in [0.2, 0.25) is 17.7 Å². The molecule has 0 unspecified atom stereocenters. The molecule has 3 amide bonds. The molecule has 1 aromatic rings. The lowest BCUT2D eigenvalue weighted by molar-refractivity contribution is -0.155. The van der Waals surface area contributed by atoms with Gasteiger partial charge in [-0.25, -0.2) is 0 Å². The second-order valence-electron chi connectivity index (χ2n) is 13.6. The Bertz CT molecular complexity index is 1270. The third-order valence-corrected chi connectivity index (χ3v) is 10.4. The third kappa shape index (κ3) is 13.7. The Balaban J connectivity index is 2.22. The SMILES string of the molecule is CCOP(=O)(OCC)C(F)(F)c1ccc(C[C@H](NC(C)=O)C(=O)N[C@@H](CCC(=O)OC(C)(C)C)C(=O)N(C)CCCC2CCCCC2)cc1. The molecule has 0 aliphatic heterocycles. The van der Waals surface area contributed by atoms with Crippen molar-refractivity contribution in [2.24, 2.45) is 5.92 Å². The zero-order chi connectivity index (χ0) is 36.8. The van der Waals surface area contributed by atoms with Gasteiger partial charge >= 0.3 is 19.2 Å². The molecule has 1 saturated carbocycles. The van der Waals surface area contributed by atoms with E-state index in [1.54, 1.807) is 32.7 Å². The Kier molecular flexibility index (Phi) is 16.8. The van der Waals surface area contributed by atoms with Crippen molar-refractivity contribution in [3.05, 3.63) is 35.4 Å². The van der Waals surface area contributed by atoms with Gasteiger partial charge in [0, 0.05) is 38.9 Å². The number of carbonyl (C=O) groups is 4. The number of nitrogens with one attached hydrogen (secondary N) is 2. The summed E-state index contributed by atoms with van der Waals surface area (Å²) in [6.07, 6.45) is 7.69. The van der Waals surface area contributed by atoms with Crippen molar-refractivity contribution in [3.63, 3.8) is 0 Å². The van der Waals surface area contributed by atoms with Crippen LogP contribution in [0.1, 0.15) is 110 Å². The summed E-state index contributed by atoms with van der Waals surface area (Å²) in [5.74, 6) is -1.44. The van der Waals surface area contributed by atoms with Gasteiger partial charge in [0.25, 0.3) is 0 Å². The summed E-state index contributed by atoms with van der Waals surface area (Å²) in [5, 5.41) is 5.29. The monoisotopic (exact) mass is 715 g/mol. The first kappa shape index (κ1) is 42.3. The van der Waals surface area contributed by atoms with E-state index in [2.05, 4.69) is 10.6 Å². The van der Waals surface area contributed by atoms with Crippen LogP contribution in [0.25, 0.3) is 0 Å². The molecule has 278 valence electrons. The highest BCUT2D eigenvalue weighted by Crippen LogP contribution is 2.66. The van der Waals surface area contributed by atoms with Gasteiger partial charge in [0.1, 0.15) is 17.7 Å². The number of esters is 1. The van der Waals surface area contributed by atoms with Crippen LogP contribution in [-0.4, -0.2) is 73.1 Å². The summed E-state index contributed by atoms with van der Waals surface area (Å²) in [7, 11) is -3.16. The maximum Gasteiger partial charge on any atom is 0.404 e. The molecule has 0 bridgehead atoms. The first-order valence-electron chi connectivity index (χ1n) is 17.3. The van der Waals surface area contributed by atoms with Crippen molar-refractivity contribution < 1.29 is 46.3 Å². The van der Waals surface area contributed by atoms with Crippen molar-refractivity contribution in [3.8, 4) is 0 Å². The fourth-order valence-corrected chi connectivity index (χ4v) is 7.43. The van der Waals surface area contributed by atoms with Crippen LogP contribution in [0.15, 0.2) is 24.3 Å². The van der Waals surface area contributed by atoms with Gasteiger partial charge < -0.3 is 29.3 Å². The minimum Gasteiger partial charge on any atom is -0.460 e. The van der Waals surface area contributed by atoms with E-state index in [-0.39, 0.29) is 38.4 Å². The van der Waals surface area contributed by atoms with E-state index < -0.39 is 54.3 Å². The molecular weight excluding hydrogens is 659 g/mol. The molecule has 1 aliphatic rings. The smallest absolute Gasteiger partial charge is 0.404 e. The van der Waals surface area contributed by atoms with E-state index in [4.69, 9.17) is 13.8 Å². The Morgan fingerprint density at radius 2 is 1.55 bits per heavy atom. The average Bonchev–Trinajstić information content (AvgIpc) is 3.02. The van der Waals surface area contributed by atoms with Crippen LogP contribution in [0.5, 0.6) is 0 Å². The summed E-state index contributed by atoms with van der Waals surface area (Å²) in [5.41, 5.74) is -4.85. The molecule has 0 spiro atoms. The molecule has 1 aromatic carbocycles. The van der Waals surface area contributed by atoms with E-state index >= 15 is 8.78 Å². The number of amides is 3. The molecule has 1 fully saturated rings. The number of likely N-dealkylation sites (N-methyl/N-ethyl adjacent to an activating group) is 1. The minimum absolute atomic E-state index is 0.0251. The fourth-order valence-electron chi connectivity index (χ4n) is 5.88. The van der Waals surface area contributed by atoms with Crippen molar-refractivity contribution >= 4 is 31.3 Å². The summed E-state index contributed by atoms with van der Waals surface area (Å²) >= 11 is 0. The van der Waals surface area contributed by atoms with E-state index in [1.807, 2.05) is 0 Å². The van der Waals surface area contributed by atoms with Crippen molar-refractivity contribution in [2.75, 3.05) is 26.8 Å². The summed E-state index contributed by atoms with van der Waals surface area (Å²) in [6, 6.07) is 2.55. The molecule has 11 nitrogen and oxygen atoms in total. The van der Waals surface area contributed by atoms with Gasteiger partial charge in [-0.2, -0.15) is 8.78 Å². The van der Waals surface area contributed by atoms with Gasteiger partial charge in [-0.05, 0) is 65.4 Å². The number of carbonyl (C=O) groups excluding carboxylic acids is 4. The fraction of sp³-hybridized carbons (Fsp3) is 0.714. The normalized spacial score (nSPS) is 15.6. The van der Waals surface area contributed by atoms with Gasteiger partial charge in [-0.3, -0.25) is 23.7 Å². The number of ether oxygens (including phenoxy) is 1. The Hall–Kier alpha value is -2.89. The second kappa shape index (κ2) is 19.5. The average molecular weight is 716 g/mol. The maximum atomic E-state index is 15.2. The highest BCUT2D eigenvalue weighted by atomic mass is 31.2. The lowest BCUT2D eigenvalue weighted by Crippen LogP contribution is -2.54. The molecule has 1 aliphatic carbocycles. The van der Waals surface area contributed by atoms with Crippen LogP contribution in [0.2, 0.25) is 0 Å². The number of hydrogen-bond acceptors (Lipinski definition) is 8. The van der Waals surface area contributed by atoms with Gasteiger partial charge in [-0.15, -0.1) is 0 Å². The summed E-state index contributed by atoms with van der Waals surface area (Å²) < 4.78 is 58.5. The molecule has 0 radical (unpaired) electrons. The standard InChI is InChI=1S/C35H56F2N3O8P/c1-8-46-49(45,47-9-2)35(36,37)28-19-17-27(18-20-28)24-30(38-25(3)41)32(43)39-29(21-22-31(42)48-34(4,5)6)33(44)40(7)23-13-16-26-14-11-10-12-15-26/h17-20,26,29-30H,8-16,21-24H2,1-7H3,(H,38,41)(H,39,43)/t29-,30-/m0/s1. The number of nitrogens with zero attached hydrogens (tertiary/aromatic N) is 1. The van der Waals surface area contributed by atoms with E-state index in [0.29, 0.717) is 18.0 Å². The molecule has 0 heterocycles. The topological polar surface area (TPSA) is 140 Å². The highest BCUT2D eigenvalue weighted by molar-refractivity contribution is 7.54. The van der Waals surface area contributed by atoms with Gasteiger partial charge in [0.05, 0.1) is 13.2 Å². The van der Waals surface area contributed by atoms with Crippen LogP contribution in [0.4, 0.5) is 8.78 Å². The zero-order valence-corrected chi connectivity index (χ0v) is 31.0. The molecule has 49 heavy (non-hydrogen) atoms. The van der Waals surface area contributed by atoms with Gasteiger partial charge in [-0.1, -0.05) is 56.4 Å². The van der Waals surface area contributed by atoms with Crippen LogP contribution >= 0.6 is 7.60 Å². The Morgan fingerprint density at radius 3 is 2.08 bits per heavy atom.